The fourth-order valence-corrected chi connectivity index (χ4v) is 2.56. The molecule has 0 saturated heterocycles. The molecule has 0 bridgehead atoms. The lowest BCUT2D eigenvalue weighted by molar-refractivity contribution is -0.136. The zero-order valence-electron chi connectivity index (χ0n) is 9.72. The van der Waals surface area contributed by atoms with Crippen LogP contribution >= 0.6 is 0 Å². The summed E-state index contributed by atoms with van der Waals surface area (Å²) in [6.45, 7) is 2.57. The second kappa shape index (κ2) is 3.88. The molecule has 86 valence electrons. The fourth-order valence-electron chi connectivity index (χ4n) is 2.56. The number of hydrogen-bond donors (Lipinski definition) is 0. The summed E-state index contributed by atoms with van der Waals surface area (Å²) in [6, 6.07) is 10.1. The van der Waals surface area contributed by atoms with Crippen LogP contribution in [0.15, 0.2) is 53.6 Å². The number of hydrogen-bond acceptors (Lipinski definition) is 2. The number of carbonyl (C=O) groups is 1. The molecule has 0 aromatic heterocycles. The molecule has 2 atom stereocenters. The minimum atomic E-state index is -0.148. The zero-order valence-corrected chi connectivity index (χ0v) is 9.72. The second-order valence-corrected chi connectivity index (χ2v) is 4.58. The van der Waals surface area contributed by atoms with E-state index in [-0.39, 0.29) is 11.9 Å². The molecule has 3 rings (SSSR count). The number of rotatable bonds is 1. The van der Waals surface area contributed by atoms with Gasteiger partial charge in [0.2, 0.25) is 0 Å². The van der Waals surface area contributed by atoms with Gasteiger partial charge in [-0.25, -0.2) is 4.79 Å². The van der Waals surface area contributed by atoms with Gasteiger partial charge in [0.05, 0.1) is 5.57 Å². The van der Waals surface area contributed by atoms with Gasteiger partial charge in [0.15, 0.2) is 0 Å². The Morgan fingerprint density at radius 1 is 1.18 bits per heavy atom. The Morgan fingerprint density at radius 3 is 2.71 bits per heavy atom. The highest BCUT2D eigenvalue weighted by atomic mass is 16.5. The number of cyclic esters (lactones) is 1. The summed E-state index contributed by atoms with van der Waals surface area (Å²) in [5.74, 6) is 0.235. The minimum Gasteiger partial charge on any atom is -0.458 e. The van der Waals surface area contributed by atoms with Crippen molar-refractivity contribution in [3.8, 4) is 0 Å². The lowest BCUT2D eigenvalue weighted by Gasteiger charge is -2.21. The summed E-state index contributed by atoms with van der Waals surface area (Å²) in [5.41, 5.74) is 3.15. The van der Waals surface area contributed by atoms with Gasteiger partial charge in [-0.1, -0.05) is 49.4 Å². The van der Waals surface area contributed by atoms with Crippen molar-refractivity contribution < 1.29 is 9.53 Å². The van der Waals surface area contributed by atoms with E-state index >= 15 is 0 Å². The van der Waals surface area contributed by atoms with Crippen molar-refractivity contribution in [2.24, 2.45) is 5.92 Å². The van der Waals surface area contributed by atoms with E-state index in [2.05, 4.69) is 31.2 Å². The molecule has 0 radical (unpaired) electrons. The molecule has 2 heteroatoms. The first kappa shape index (κ1) is 10.3. The minimum absolute atomic E-state index is 0.0670. The van der Waals surface area contributed by atoms with E-state index in [1.165, 1.54) is 0 Å². The monoisotopic (exact) mass is 226 g/mol. The second-order valence-electron chi connectivity index (χ2n) is 4.58. The Morgan fingerprint density at radius 2 is 1.94 bits per heavy atom. The van der Waals surface area contributed by atoms with Gasteiger partial charge in [-0.2, -0.15) is 0 Å². The average Bonchev–Trinajstić information content (AvgIpc) is 2.75. The highest BCUT2D eigenvalue weighted by molar-refractivity contribution is 5.94. The summed E-state index contributed by atoms with van der Waals surface area (Å²) in [4.78, 5) is 11.8. The molecule has 2 aliphatic rings. The van der Waals surface area contributed by atoms with E-state index in [4.69, 9.17) is 4.74 Å². The molecule has 17 heavy (non-hydrogen) atoms. The van der Waals surface area contributed by atoms with Gasteiger partial charge in [-0.3, -0.25) is 0 Å². The molecule has 0 unspecified atom stereocenters. The molecular weight excluding hydrogens is 212 g/mol. The topological polar surface area (TPSA) is 26.3 Å². The highest BCUT2D eigenvalue weighted by Gasteiger charge is 2.35. The molecule has 0 N–H and O–H groups in total. The van der Waals surface area contributed by atoms with E-state index in [1.54, 1.807) is 0 Å². The largest absolute Gasteiger partial charge is 0.458 e. The third kappa shape index (κ3) is 1.60. The molecule has 0 amide bonds. The van der Waals surface area contributed by atoms with Crippen LogP contribution in [0.25, 0.3) is 0 Å². The van der Waals surface area contributed by atoms with E-state index in [0.29, 0.717) is 12.5 Å². The molecule has 1 aliphatic carbocycles. The lowest BCUT2D eigenvalue weighted by Crippen LogP contribution is -2.13. The molecule has 2 nitrogen and oxygen atoms in total. The molecular formula is C15H14O2. The Kier molecular flexibility index (Phi) is 2.36. The van der Waals surface area contributed by atoms with Crippen molar-refractivity contribution >= 4 is 5.97 Å². The van der Waals surface area contributed by atoms with Gasteiger partial charge in [-0.05, 0) is 17.1 Å². The van der Waals surface area contributed by atoms with E-state index in [1.807, 2.05) is 18.2 Å². The Labute approximate surface area is 101 Å². The van der Waals surface area contributed by atoms with Crippen LogP contribution < -0.4 is 0 Å². The van der Waals surface area contributed by atoms with Crippen molar-refractivity contribution in [1.29, 1.82) is 0 Å². The highest BCUT2D eigenvalue weighted by Crippen LogP contribution is 2.39. The Hall–Kier alpha value is -1.83. The van der Waals surface area contributed by atoms with Gasteiger partial charge in [-0.15, -0.1) is 0 Å². The van der Waals surface area contributed by atoms with Crippen molar-refractivity contribution in [3.63, 3.8) is 0 Å². The summed E-state index contributed by atoms with van der Waals surface area (Å²) in [5, 5.41) is 0. The van der Waals surface area contributed by atoms with Crippen LogP contribution in [0, 0.1) is 5.92 Å². The van der Waals surface area contributed by atoms with Crippen LogP contribution in [0.5, 0.6) is 0 Å². The van der Waals surface area contributed by atoms with Crippen molar-refractivity contribution in [1.82, 2.24) is 0 Å². The third-order valence-corrected chi connectivity index (χ3v) is 3.54. The normalized spacial score (nSPS) is 27.0. The molecule has 1 aliphatic heterocycles. The maximum Gasteiger partial charge on any atom is 0.335 e. The maximum absolute atomic E-state index is 11.8. The SMILES string of the molecule is C[C@@H]1C=C[C@@H](c2ccccc2)C2=C1COC2=O. The van der Waals surface area contributed by atoms with Gasteiger partial charge < -0.3 is 4.74 Å². The molecule has 0 saturated carbocycles. The number of ether oxygens (including phenoxy) is 1. The summed E-state index contributed by atoms with van der Waals surface area (Å²) in [6.07, 6.45) is 4.28. The van der Waals surface area contributed by atoms with E-state index in [9.17, 15) is 4.79 Å². The van der Waals surface area contributed by atoms with Gasteiger partial charge in [0.25, 0.3) is 0 Å². The van der Waals surface area contributed by atoms with Gasteiger partial charge in [0, 0.05) is 5.92 Å². The fraction of sp³-hybridized carbons (Fsp3) is 0.267. The van der Waals surface area contributed by atoms with Crippen LogP contribution in [-0.4, -0.2) is 12.6 Å². The van der Waals surface area contributed by atoms with Crippen LogP contribution in [-0.2, 0) is 9.53 Å². The number of allylic oxidation sites excluding steroid dienone is 2. The summed E-state index contributed by atoms with van der Waals surface area (Å²) >= 11 is 0. The first-order valence-corrected chi connectivity index (χ1v) is 5.90. The van der Waals surface area contributed by atoms with Crippen LogP contribution in [0.2, 0.25) is 0 Å². The Bertz CT molecular complexity index is 511. The van der Waals surface area contributed by atoms with Gasteiger partial charge in [0.1, 0.15) is 6.61 Å². The van der Waals surface area contributed by atoms with Gasteiger partial charge >= 0.3 is 5.97 Å². The molecule has 1 heterocycles. The average molecular weight is 226 g/mol. The predicted molar refractivity (Wildman–Crippen MR) is 65.5 cm³/mol. The lowest BCUT2D eigenvalue weighted by atomic mass is 9.80. The molecule has 0 fully saturated rings. The van der Waals surface area contributed by atoms with Crippen molar-refractivity contribution in [2.75, 3.05) is 6.61 Å². The van der Waals surface area contributed by atoms with Crippen LogP contribution in [0.1, 0.15) is 18.4 Å². The molecule has 1 aromatic rings. The van der Waals surface area contributed by atoms with E-state index in [0.717, 1.165) is 16.7 Å². The van der Waals surface area contributed by atoms with E-state index < -0.39 is 0 Å². The standard InChI is InChI=1S/C15H14O2/c1-10-7-8-12(11-5-3-2-4-6-11)14-13(10)9-17-15(14)16/h2-8,10,12H,9H2,1H3/t10-,12+/m1/s1. The molecule has 0 spiro atoms. The molecule has 1 aromatic carbocycles. The first-order valence-electron chi connectivity index (χ1n) is 5.90. The first-order chi connectivity index (χ1) is 8.27. The van der Waals surface area contributed by atoms with Crippen molar-refractivity contribution in [2.45, 2.75) is 12.8 Å². The summed E-state index contributed by atoms with van der Waals surface area (Å²) in [7, 11) is 0. The quantitative estimate of drug-likeness (QED) is 0.543. The predicted octanol–water partition coefficient (Wildman–Crippen LogP) is 2.83. The maximum atomic E-state index is 11.8. The Balaban J connectivity index is 2.07. The summed E-state index contributed by atoms with van der Waals surface area (Å²) < 4.78 is 5.17. The van der Waals surface area contributed by atoms with Crippen molar-refractivity contribution in [3.05, 3.63) is 59.2 Å². The van der Waals surface area contributed by atoms with Crippen LogP contribution in [0.3, 0.4) is 0 Å². The number of benzene rings is 1. The zero-order chi connectivity index (χ0) is 11.8. The smallest absolute Gasteiger partial charge is 0.335 e. The number of esters is 1. The third-order valence-electron chi connectivity index (χ3n) is 3.54. The number of carbonyl (C=O) groups excluding carboxylic acids is 1. The van der Waals surface area contributed by atoms with Crippen LogP contribution in [0.4, 0.5) is 0 Å².